The van der Waals surface area contributed by atoms with Crippen LogP contribution in [0.1, 0.15) is 0 Å². The van der Waals surface area contributed by atoms with Gasteiger partial charge in [0.15, 0.2) is 5.81 Å². The number of hydrogen-bond donors (Lipinski definition) is 2. The predicted molar refractivity (Wildman–Crippen MR) is 26.3 cm³/mol. The van der Waals surface area contributed by atoms with Crippen LogP contribution in [0.3, 0.4) is 0 Å². The number of rotatable bonds is 2. The second-order valence-electron chi connectivity index (χ2n) is 0.943. The Morgan fingerprint density at radius 2 is 2.29 bits per heavy atom. The van der Waals surface area contributed by atoms with Crippen LogP contribution in [-0.2, 0) is 4.79 Å². The highest BCUT2D eigenvalue weighted by atomic mass is 16.2. The van der Waals surface area contributed by atoms with E-state index in [-0.39, 0.29) is 5.81 Å². The summed E-state index contributed by atoms with van der Waals surface area (Å²) in [6.45, 7) is 0. The van der Waals surface area contributed by atoms with Crippen LogP contribution in [0, 0.1) is 0 Å². The molecule has 0 atom stereocenters. The summed E-state index contributed by atoms with van der Waals surface area (Å²) in [5.74, 6) is -0.285. The van der Waals surface area contributed by atoms with Crippen molar-refractivity contribution in [3.05, 3.63) is 0 Å². The Bertz CT molecular complexity index is 83.8. The Morgan fingerprint density at radius 1 is 1.71 bits per heavy atom. The summed E-state index contributed by atoms with van der Waals surface area (Å²) in [5, 5.41) is 0. The fraction of sp³-hybridized carbons (Fsp3) is 0. The maximum atomic E-state index is 9.87. The zero-order valence-corrected chi connectivity index (χ0v) is 3.89. The molecular weight excluding hydrogens is 94.8 g/mol. The number of amides is 2. The Labute approximate surface area is 41.6 Å². The van der Waals surface area contributed by atoms with Crippen molar-refractivity contribution in [3.8, 4) is 0 Å². The van der Waals surface area contributed by atoms with Crippen LogP contribution in [-0.4, -0.2) is 20.1 Å². The van der Waals surface area contributed by atoms with Gasteiger partial charge in [0.25, 0.3) is 0 Å². The van der Waals surface area contributed by atoms with Crippen molar-refractivity contribution >= 4 is 20.1 Å². The average Bonchev–Trinajstić information content (AvgIpc) is 1.61. The second-order valence-corrected chi connectivity index (χ2v) is 0.943. The van der Waals surface area contributed by atoms with Crippen molar-refractivity contribution in [2.75, 3.05) is 0 Å². The van der Waals surface area contributed by atoms with Crippen molar-refractivity contribution in [2.24, 2.45) is 0 Å². The van der Waals surface area contributed by atoms with Crippen molar-refractivity contribution in [1.29, 1.82) is 0 Å². The first-order valence-corrected chi connectivity index (χ1v) is 1.73. The SMILES string of the molecule is BC(=O)NNC=O. The number of carbonyl (C=O) groups excluding carboxylic acids is 2. The number of hydrogen-bond acceptors (Lipinski definition) is 2. The molecule has 0 aliphatic heterocycles. The highest BCUT2D eigenvalue weighted by Gasteiger charge is 1.81. The summed E-state index contributed by atoms with van der Waals surface area (Å²) in [6.07, 6.45) is 0.390. The van der Waals surface area contributed by atoms with Crippen LogP contribution >= 0.6 is 0 Å². The number of carbonyl (C=O) groups is 2. The quantitative estimate of drug-likeness (QED) is 0.239. The first kappa shape index (κ1) is 6.00. The monoisotopic (exact) mass is 100 g/mol. The normalized spacial score (nSPS) is 6.86. The zero-order chi connectivity index (χ0) is 5.70. The van der Waals surface area contributed by atoms with Gasteiger partial charge in [0.05, 0.1) is 0 Å². The maximum Gasteiger partial charge on any atom is 0.225 e. The van der Waals surface area contributed by atoms with Crippen LogP contribution in [0.5, 0.6) is 0 Å². The van der Waals surface area contributed by atoms with E-state index in [1.54, 1.807) is 0 Å². The van der Waals surface area contributed by atoms with Crippen LogP contribution in [0.4, 0.5) is 4.79 Å². The van der Waals surface area contributed by atoms with Crippen LogP contribution < -0.4 is 10.9 Å². The van der Waals surface area contributed by atoms with Gasteiger partial charge in [0, 0.05) is 0 Å². The highest BCUT2D eigenvalue weighted by molar-refractivity contribution is 6.57. The van der Waals surface area contributed by atoms with Crippen molar-refractivity contribution in [3.63, 3.8) is 0 Å². The molecule has 0 bridgehead atoms. The van der Waals surface area contributed by atoms with E-state index in [1.807, 2.05) is 10.9 Å². The molecule has 4 nitrogen and oxygen atoms in total. The van der Waals surface area contributed by atoms with Gasteiger partial charge < -0.3 is 0 Å². The molecule has 0 aliphatic rings. The van der Waals surface area contributed by atoms with Crippen molar-refractivity contribution in [2.45, 2.75) is 0 Å². The summed E-state index contributed by atoms with van der Waals surface area (Å²) < 4.78 is 0. The molecule has 38 valence electrons. The molecule has 0 rings (SSSR count). The third kappa shape index (κ3) is 5.00. The van der Waals surface area contributed by atoms with Gasteiger partial charge in [-0.15, -0.1) is 0 Å². The Kier molecular flexibility index (Phi) is 2.75. The van der Waals surface area contributed by atoms with Gasteiger partial charge in [-0.1, -0.05) is 0 Å². The first-order chi connectivity index (χ1) is 3.27. The fourth-order valence-corrected chi connectivity index (χ4v) is 0.131. The molecule has 2 N–H and O–H groups in total. The van der Waals surface area contributed by atoms with Gasteiger partial charge in [-0.2, -0.15) is 0 Å². The second kappa shape index (κ2) is 3.20. The molecule has 0 aromatic rings. The minimum Gasteiger partial charge on any atom is -0.287 e. The minimum absolute atomic E-state index is 0.285. The smallest absolute Gasteiger partial charge is 0.225 e. The Hall–Kier alpha value is -0.995. The van der Waals surface area contributed by atoms with Gasteiger partial charge in [0.2, 0.25) is 14.3 Å². The summed E-state index contributed by atoms with van der Waals surface area (Å²) in [5.41, 5.74) is 4.01. The first-order valence-electron chi connectivity index (χ1n) is 1.73. The molecule has 0 aromatic carbocycles. The van der Waals surface area contributed by atoms with E-state index in [0.717, 1.165) is 0 Å². The molecule has 5 heteroatoms. The van der Waals surface area contributed by atoms with Crippen molar-refractivity contribution < 1.29 is 9.59 Å². The molecule has 0 saturated carbocycles. The molecule has 0 fully saturated rings. The molecule has 0 radical (unpaired) electrons. The van der Waals surface area contributed by atoms with E-state index in [2.05, 4.69) is 0 Å². The molecule has 0 saturated heterocycles. The largest absolute Gasteiger partial charge is 0.287 e. The standard InChI is InChI=1S/C2H5BN2O2/c3-2(7)5-4-1-6/h1H,3H2,(H,4,6)(H,5,7). The molecular formula is C2H5BN2O2. The van der Waals surface area contributed by atoms with Crippen molar-refractivity contribution in [1.82, 2.24) is 10.9 Å². The molecule has 0 aliphatic carbocycles. The van der Waals surface area contributed by atoms with E-state index >= 15 is 0 Å². The Morgan fingerprint density at radius 3 is 2.43 bits per heavy atom. The lowest BCUT2D eigenvalue weighted by atomic mass is 10.1. The summed E-state index contributed by atoms with van der Waals surface area (Å²) in [7, 11) is 1.30. The van der Waals surface area contributed by atoms with Gasteiger partial charge >= 0.3 is 0 Å². The van der Waals surface area contributed by atoms with E-state index in [0.29, 0.717) is 6.41 Å². The van der Waals surface area contributed by atoms with Gasteiger partial charge in [-0.25, -0.2) is 0 Å². The molecule has 0 heterocycles. The lowest BCUT2D eigenvalue weighted by molar-refractivity contribution is -0.110. The fourth-order valence-electron chi connectivity index (χ4n) is 0.131. The zero-order valence-electron chi connectivity index (χ0n) is 3.89. The van der Waals surface area contributed by atoms with Crippen LogP contribution in [0.2, 0.25) is 0 Å². The average molecular weight is 99.9 g/mol. The third-order valence-electron chi connectivity index (χ3n) is 0.307. The number of hydrazine groups is 1. The molecule has 7 heavy (non-hydrogen) atoms. The third-order valence-corrected chi connectivity index (χ3v) is 0.307. The Balaban J connectivity index is 2.97. The van der Waals surface area contributed by atoms with Gasteiger partial charge in [-0.05, 0) is 0 Å². The molecule has 0 aromatic heterocycles. The highest BCUT2D eigenvalue weighted by Crippen LogP contribution is 1.46. The predicted octanol–water partition coefficient (Wildman–Crippen LogP) is -2.01. The van der Waals surface area contributed by atoms with Crippen LogP contribution in [0.15, 0.2) is 0 Å². The van der Waals surface area contributed by atoms with E-state index in [4.69, 9.17) is 0 Å². The molecule has 0 spiro atoms. The lowest BCUT2D eigenvalue weighted by Gasteiger charge is -1.92. The van der Waals surface area contributed by atoms with E-state index in [1.165, 1.54) is 7.85 Å². The summed E-state index contributed by atoms with van der Waals surface area (Å²) in [4.78, 5) is 19.3. The maximum absolute atomic E-state index is 9.87. The molecule has 0 unspecified atom stereocenters. The lowest BCUT2D eigenvalue weighted by Crippen LogP contribution is -2.35. The van der Waals surface area contributed by atoms with E-state index in [9.17, 15) is 9.59 Å². The topological polar surface area (TPSA) is 58.2 Å². The van der Waals surface area contributed by atoms with Crippen LogP contribution in [0.25, 0.3) is 0 Å². The molecule has 2 amide bonds. The van der Waals surface area contributed by atoms with Gasteiger partial charge in [0.1, 0.15) is 0 Å². The number of nitrogens with one attached hydrogen (secondary N) is 2. The minimum atomic E-state index is -0.285. The van der Waals surface area contributed by atoms with E-state index < -0.39 is 0 Å². The summed E-state index contributed by atoms with van der Waals surface area (Å²) in [6, 6.07) is 0. The van der Waals surface area contributed by atoms with Gasteiger partial charge in [-0.3, -0.25) is 20.4 Å². The summed E-state index contributed by atoms with van der Waals surface area (Å²) >= 11 is 0.